The van der Waals surface area contributed by atoms with Gasteiger partial charge in [-0.1, -0.05) is 12.1 Å². The number of fused-ring (bicyclic) bond motifs is 1. The van der Waals surface area contributed by atoms with Crippen LogP contribution in [0.15, 0.2) is 55.0 Å². The number of amides is 1. The number of carbonyl (C=O) groups is 1. The summed E-state index contributed by atoms with van der Waals surface area (Å²) in [7, 11) is 1.51. The van der Waals surface area contributed by atoms with Crippen LogP contribution in [0.4, 0.5) is 25.1 Å². The highest BCUT2D eigenvalue weighted by Gasteiger charge is 2.27. The van der Waals surface area contributed by atoms with E-state index in [2.05, 4.69) is 25.2 Å². The van der Waals surface area contributed by atoms with Gasteiger partial charge in [-0.15, -0.1) is 0 Å². The monoisotopic (exact) mass is 562 g/mol. The van der Waals surface area contributed by atoms with Gasteiger partial charge >= 0.3 is 6.09 Å². The fraction of sp³-hybridized carbons (Fsp3) is 0.333. The highest BCUT2D eigenvalue weighted by atomic mass is 19.1. The molecule has 2 aromatic carbocycles. The molecule has 4 aromatic rings. The number of hydrogen-bond donors (Lipinski definition) is 1. The van der Waals surface area contributed by atoms with Gasteiger partial charge in [-0.3, -0.25) is 0 Å². The van der Waals surface area contributed by atoms with E-state index >= 15 is 0 Å². The fourth-order valence-corrected chi connectivity index (χ4v) is 4.66. The molecule has 0 unspecified atom stereocenters. The molecule has 41 heavy (non-hydrogen) atoms. The molecule has 0 spiro atoms. The van der Waals surface area contributed by atoms with Crippen molar-refractivity contribution in [2.24, 2.45) is 0 Å². The zero-order chi connectivity index (χ0) is 29.1. The second kappa shape index (κ2) is 11.5. The first-order valence-corrected chi connectivity index (χ1v) is 13.3. The molecule has 1 saturated heterocycles. The van der Waals surface area contributed by atoms with Crippen molar-refractivity contribution in [3.63, 3.8) is 0 Å². The van der Waals surface area contributed by atoms with Gasteiger partial charge in [-0.05, 0) is 50.6 Å². The molecule has 11 heteroatoms. The lowest BCUT2D eigenvalue weighted by Gasteiger charge is -2.36. The highest BCUT2D eigenvalue weighted by Crippen LogP contribution is 2.33. The number of pyridine rings is 1. The van der Waals surface area contributed by atoms with Crippen molar-refractivity contribution in [3.05, 3.63) is 72.2 Å². The van der Waals surface area contributed by atoms with E-state index in [4.69, 9.17) is 9.47 Å². The van der Waals surface area contributed by atoms with Crippen molar-refractivity contribution >= 4 is 28.5 Å². The molecule has 0 radical (unpaired) electrons. The molecule has 9 nitrogen and oxygen atoms in total. The number of nitrogens with zero attached hydrogens (tertiary/aromatic N) is 5. The lowest BCUT2D eigenvalue weighted by Crippen LogP contribution is -2.50. The number of aromatic nitrogens is 3. The molecule has 3 heterocycles. The number of carbonyl (C=O) groups excluding carboxylic acids is 1. The Labute approximate surface area is 237 Å². The topological polar surface area (TPSA) is 92.7 Å². The maximum absolute atomic E-state index is 14.2. The summed E-state index contributed by atoms with van der Waals surface area (Å²) in [4.78, 5) is 29.8. The SMILES string of the molecule is COc1ncc(-c2ccc3ncnc(N4CCN(C(=O)OC(C)(C)C)CC4)c3c2)cc1NCc1ccc(F)cc1F. The number of rotatable bonds is 6. The quantitative estimate of drug-likeness (QED) is 0.323. The van der Waals surface area contributed by atoms with Gasteiger partial charge in [0.05, 0.1) is 18.3 Å². The molecule has 1 aliphatic rings. The minimum absolute atomic E-state index is 0.124. The fourth-order valence-electron chi connectivity index (χ4n) is 4.66. The number of hydrogen-bond acceptors (Lipinski definition) is 8. The van der Waals surface area contributed by atoms with Gasteiger partial charge in [-0.2, -0.15) is 0 Å². The molecule has 0 saturated carbocycles. The van der Waals surface area contributed by atoms with Crippen molar-refractivity contribution in [2.45, 2.75) is 32.9 Å². The number of benzene rings is 2. The van der Waals surface area contributed by atoms with Gasteiger partial charge in [0.1, 0.15) is 29.4 Å². The average Bonchev–Trinajstić information content (AvgIpc) is 2.95. The highest BCUT2D eigenvalue weighted by molar-refractivity contribution is 5.93. The Bertz CT molecular complexity index is 1570. The maximum atomic E-state index is 14.2. The number of ether oxygens (including phenoxy) is 2. The van der Waals surface area contributed by atoms with Crippen LogP contribution in [0.3, 0.4) is 0 Å². The van der Waals surface area contributed by atoms with Gasteiger partial charge < -0.3 is 24.6 Å². The molecule has 0 atom stereocenters. The minimum atomic E-state index is -0.630. The Balaban J connectivity index is 1.38. The molecule has 1 aliphatic heterocycles. The zero-order valence-electron chi connectivity index (χ0n) is 23.4. The Morgan fingerprint density at radius 1 is 0.976 bits per heavy atom. The van der Waals surface area contributed by atoms with E-state index in [-0.39, 0.29) is 12.6 Å². The Morgan fingerprint density at radius 3 is 2.46 bits per heavy atom. The Morgan fingerprint density at radius 2 is 1.76 bits per heavy atom. The van der Waals surface area contributed by atoms with Crippen LogP contribution in [0.2, 0.25) is 0 Å². The van der Waals surface area contributed by atoms with Crippen LogP contribution in [0.5, 0.6) is 5.88 Å². The number of halogens is 2. The number of piperazine rings is 1. The van der Waals surface area contributed by atoms with Gasteiger partial charge in [-0.25, -0.2) is 28.5 Å². The third-order valence-electron chi connectivity index (χ3n) is 6.71. The maximum Gasteiger partial charge on any atom is 0.410 e. The summed E-state index contributed by atoms with van der Waals surface area (Å²) in [6.07, 6.45) is 2.93. The van der Waals surface area contributed by atoms with Crippen molar-refractivity contribution in [3.8, 4) is 17.0 Å². The summed E-state index contributed by atoms with van der Waals surface area (Å²) in [5.41, 5.74) is 2.82. The van der Waals surface area contributed by atoms with Crippen molar-refractivity contribution in [1.29, 1.82) is 0 Å². The molecular formula is C30H32F2N6O3. The first-order chi connectivity index (χ1) is 19.6. The van der Waals surface area contributed by atoms with Crippen LogP contribution in [0.25, 0.3) is 22.0 Å². The summed E-state index contributed by atoms with van der Waals surface area (Å²) in [6, 6.07) is 11.2. The molecule has 1 N–H and O–H groups in total. The Hall–Kier alpha value is -4.54. The van der Waals surface area contributed by atoms with Gasteiger partial charge in [0.25, 0.3) is 0 Å². The second-order valence-electron chi connectivity index (χ2n) is 10.8. The predicted octanol–water partition coefficient (Wildman–Crippen LogP) is 5.65. The lowest BCUT2D eigenvalue weighted by atomic mass is 10.0. The lowest BCUT2D eigenvalue weighted by molar-refractivity contribution is 0.0240. The molecule has 1 fully saturated rings. The standard InChI is InChI=1S/C30H32F2N6O3/c1-30(2,3)41-29(39)38-11-9-37(10-12-38)27-23-13-19(6-8-25(23)35-18-36-27)21-14-26(28(40-4)34-17-21)33-16-20-5-7-22(31)15-24(20)32/h5-8,13-15,17-18,33H,9-12,16H2,1-4H3. The summed E-state index contributed by atoms with van der Waals surface area (Å²) < 4.78 is 38.4. The number of nitrogens with one attached hydrogen (secondary N) is 1. The van der Waals surface area contributed by atoms with Gasteiger partial charge in [0.15, 0.2) is 0 Å². The molecular weight excluding hydrogens is 530 g/mol. The second-order valence-corrected chi connectivity index (χ2v) is 10.8. The van der Waals surface area contributed by atoms with E-state index in [1.807, 2.05) is 45.0 Å². The van der Waals surface area contributed by atoms with Crippen LogP contribution in [-0.4, -0.2) is 64.8 Å². The summed E-state index contributed by atoms with van der Waals surface area (Å²) >= 11 is 0. The van der Waals surface area contributed by atoms with Crippen LogP contribution >= 0.6 is 0 Å². The Kier molecular flexibility index (Phi) is 7.87. The molecule has 2 aromatic heterocycles. The van der Waals surface area contributed by atoms with Crippen molar-refractivity contribution < 1.29 is 23.0 Å². The third kappa shape index (κ3) is 6.45. The predicted molar refractivity (Wildman–Crippen MR) is 153 cm³/mol. The number of anilines is 2. The molecule has 0 bridgehead atoms. The molecule has 1 amide bonds. The normalized spacial score (nSPS) is 13.8. The van der Waals surface area contributed by atoms with Crippen molar-refractivity contribution in [2.75, 3.05) is 43.5 Å². The van der Waals surface area contributed by atoms with E-state index in [9.17, 15) is 13.6 Å². The molecule has 0 aliphatic carbocycles. The van der Waals surface area contributed by atoms with Crippen LogP contribution < -0.4 is 15.0 Å². The van der Waals surface area contributed by atoms with Crippen LogP contribution in [-0.2, 0) is 11.3 Å². The molecule has 5 rings (SSSR count). The van der Waals surface area contributed by atoms with Crippen LogP contribution in [0, 0.1) is 11.6 Å². The summed E-state index contributed by atoms with van der Waals surface area (Å²) in [6.45, 7) is 7.94. The van der Waals surface area contributed by atoms with E-state index in [0.717, 1.165) is 33.9 Å². The third-order valence-corrected chi connectivity index (χ3v) is 6.71. The minimum Gasteiger partial charge on any atom is -0.480 e. The smallest absolute Gasteiger partial charge is 0.410 e. The molecule has 214 valence electrons. The average molecular weight is 563 g/mol. The first-order valence-electron chi connectivity index (χ1n) is 13.3. The summed E-state index contributed by atoms with van der Waals surface area (Å²) in [5, 5.41) is 4.02. The van der Waals surface area contributed by atoms with Crippen LogP contribution in [0.1, 0.15) is 26.3 Å². The van der Waals surface area contributed by atoms with E-state index in [0.29, 0.717) is 43.3 Å². The van der Waals surface area contributed by atoms with E-state index in [1.165, 1.54) is 19.2 Å². The zero-order valence-corrected chi connectivity index (χ0v) is 23.4. The first kappa shape index (κ1) is 28.0. The van der Waals surface area contributed by atoms with Gasteiger partial charge in [0.2, 0.25) is 5.88 Å². The van der Waals surface area contributed by atoms with E-state index in [1.54, 1.807) is 17.4 Å². The number of methoxy groups -OCH3 is 1. The van der Waals surface area contributed by atoms with Gasteiger partial charge in [0, 0.05) is 61.5 Å². The van der Waals surface area contributed by atoms with E-state index < -0.39 is 17.2 Å². The van der Waals surface area contributed by atoms with Crippen molar-refractivity contribution in [1.82, 2.24) is 19.9 Å². The largest absolute Gasteiger partial charge is 0.480 e. The summed E-state index contributed by atoms with van der Waals surface area (Å²) in [5.74, 6) is -0.122.